The van der Waals surface area contributed by atoms with Crippen LogP contribution in [0.1, 0.15) is 33.6 Å². The molecule has 0 saturated heterocycles. The summed E-state index contributed by atoms with van der Waals surface area (Å²) in [5, 5.41) is 0. The van der Waals surface area contributed by atoms with Gasteiger partial charge in [0.05, 0.1) is 6.54 Å². The summed E-state index contributed by atoms with van der Waals surface area (Å²) in [7, 11) is 0. The average Bonchev–Trinajstić information content (AvgIpc) is 2.36. The maximum atomic E-state index is 3.04. The number of rotatable bonds is 3. The smallest absolute Gasteiger partial charge is 0.241 e. The van der Waals surface area contributed by atoms with Crippen molar-refractivity contribution in [3.8, 4) is 0 Å². The molecule has 0 aliphatic heterocycles. The molecular formula is C10H19ClN2. The molecule has 0 unspecified atom stereocenters. The van der Waals surface area contributed by atoms with E-state index in [2.05, 4.69) is 36.5 Å². The van der Waals surface area contributed by atoms with Crippen LogP contribution in [0.4, 0.5) is 0 Å². The van der Waals surface area contributed by atoms with E-state index in [1.54, 1.807) is 0 Å². The highest BCUT2D eigenvalue weighted by Crippen LogP contribution is 2.19. The molecule has 0 fully saturated rings. The highest BCUT2D eigenvalue weighted by molar-refractivity contribution is 4.60. The van der Waals surface area contributed by atoms with Crippen molar-refractivity contribution in [2.45, 2.75) is 40.2 Å². The van der Waals surface area contributed by atoms with E-state index in [0.717, 1.165) is 6.54 Å². The van der Waals surface area contributed by atoms with Gasteiger partial charge in [0.15, 0.2) is 0 Å². The minimum atomic E-state index is 0. The van der Waals surface area contributed by atoms with Gasteiger partial charge in [-0.25, -0.2) is 4.57 Å². The minimum Gasteiger partial charge on any atom is -1.00 e. The second-order valence-corrected chi connectivity index (χ2v) is 4.51. The molecule has 0 atom stereocenters. The summed E-state index contributed by atoms with van der Waals surface area (Å²) >= 11 is 0. The van der Waals surface area contributed by atoms with E-state index in [-0.39, 0.29) is 12.4 Å². The summed E-state index contributed by atoms with van der Waals surface area (Å²) in [6.07, 6.45) is 8.57. The molecule has 0 amide bonds. The van der Waals surface area contributed by atoms with Crippen LogP contribution < -0.4 is 17.0 Å². The van der Waals surface area contributed by atoms with Gasteiger partial charge in [0.1, 0.15) is 12.4 Å². The topological polar surface area (TPSA) is 19.7 Å². The molecule has 0 radical (unpaired) electrons. The normalized spacial score (nSPS) is 11.0. The van der Waals surface area contributed by atoms with Crippen LogP contribution in [-0.2, 0) is 6.54 Å². The van der Waals surface area contributed by atoms with Crippen molar-refractivity contribution in [2.24, 2.45) is 5.41 Å². The second-order valence-electron chi connectivity index (χ2n) is 4.51. The number of H-pyrrole nitrogens is 1. The SMILES string of the molecule is CC(C)(C)CCC[n+]1cc[nH]c1.[Cl-]. The molecule has 0 aromatic carbocycles. The van der Waals surface area contributed by atoms with Crippen LogP contribution in [0.25, 0.3) is 0 Å². The average molecular weight is 203 g/mol. The molecule has 0 saturated carbocycles. The summed E-state index contributed by atoms with van der Waals surface area (Å²) in [5.41, 5.74) is 0.469. The van der Waals surface area contributed by atoms with Gasteiger partial charge in [0.25, 0.3) is 0 Å². The molecule has 1 aromatic heterocycles. The first-order chi connectivity index (χ1) is 5.58. The molecule has 0 aliphatic carbocycles. The van der Waals surface area contributed by atoms with Gasteiger partial charge in [-0.3, -0.25) is 4.98 Å². The summed E-state index contributed by atoms with van der Waals surface area (Å²) in [6.45, 7) is 7.99. The molecule has 2 nitrogen and oxygen atoms in total. The van der Waals surface area contributed by atoms with E-state index >= 15 is 0 Å². The van der Waals surface area contributed by atoms with E-state index in [0.29, 0.717) is 5.41 Å². The maximum Gasteiger partial charge on any atom is 0.241 e. The van der Waals surface area contributed by atoms with E-state index in [4.69, 9.17) is 0 Å². The number of aryl methyl sites for hydroxylation is 1. The third-order valence-electron chi connectivity index (χ3n) is 1.95. The van der Waals surface area contributed by atoms with Crippen molar-refractivity contribution in [3.63, 3.8) is 0 Å². The Hall–Kier alpha value is -0.500. The van der Waals surface area contributed by atoms with E-state index in [1.807, 2.05) is 12.5 Å². The van der Waals surface area contributed by atoms with Crippen LogP contribution >= 0.6 is 0 Å². The third-order valence-corrected chi connectivity index (χ3v) is 1.95. The van der Waals surface area contributed by atoms with Gasteiger partial charge in [-0.05, 0) is 18.3 Å². The summed E-state index contributed by atoms with van der Waals surface area (Å²) in [6, 6.07) is 0. The third kappa shape index (κ3) is 5.69. The Morgan fingerprint density at radius 3 is 2.46 bits per heavy atom. The molecule has 1 aromatic rings. The number of nitrogens with zero attached hydrogens (tertiary/aromatic N) is 1. The van der Waals surface area contributed by atoms with Gasteiger partial charge in [0.2, 0.25) is 6.33 Å². The first kappa shape index (κ1) is 12.5. The zero-order chi connectivity index (χ0) is 9.03. The van der Waals surface area contributed by atoms with Crippen LogP contribution in [-0.4, -0.2) is 4.98 Å². The predicted molar refractivity (Wildman–Crippen MR) is 49.7 cm³/mol. The molecule has 3 heteroatoms. The molecule has 0 aliphatic rings. The largest absolute Gasteiger partial charge is 1.00 e. The molecule has 1 rings (SSSR count). The predicted octanol–water partition coefficient (Wildman–Crippen LogP) is -0.867. The number of hydrogen-bond donors (Lipinski definition) is 1. The Balaban J connectivity index is 0.00000144. The standard InChI is InChI=1S/C10H18N2.ClH/c1-10(2,3)5-4-7-12-8-6-11-9-12;/h6,8-9H,4-5,7H2,1-3H3;1H. The highest BCUT2D eigenvalue weighted by atomic mass is 35.5. The van der Waals surface area contributed by atoms with Crippen molar-refractivity contribution in [1.82, 2.24) is 4.98 Å². The lowest BCUT2D eigenvalue weighted by Crippen LogP contribution is -3.00. The quantitative estimate of drug-likeness (QED) is 0.616. The van der Waals surface area contributed by atoms with Crippen molar-refractivity contribution in [1.29, 1.82) is 0 Å². The lowest BCUT2D eigenvalue weighted by Gasteiger charge is -2.16. The Bertz CT molecular complexity index is 211. The van der Waals surface area contributed by atoms with Crippen molar-refractivity contribution in [2.75, 3.05) is 0 Å². The fourth-order valence-corrected chi connectivity index (χ4v) is 1.25. The van der Waals surface area contributed by atoms with E-state index < -0.39 is 0 Å². The first-order valence-electron chi connectivity index (χ1n) is 4.60. The Morgan fingerprint density at radius 1 is 1.31 bits per heavy atom. The molecule has 76 valence electrons. The summed E-state index contributed by atoms with van der Waals surface area (Å²) in [5.74, 6) is 0. The number of halogens is 1. The number of nitrogens with one attached hydrogen (secondary N) is 1. The van der Waals surface area contributed by atoms with Crippen LogP contribution in [0.2, 0.25) is 0 Å². The van der Waals surface area contributed by atoms with Crippen LogP contribution in [0.5, 0.6) is 0 Å². The Morgan fingerprint density at radius 2 is 2.00 bits per heavy atom. The maximum absolute atomic E-state index is 3.04. The molecular weight excluding hydrogens is 184 g/mol. The van der Waals surface area contributed by atoms with Crippen LogP contribution in [0.3, 0.4) is 0 Å². The Kier molecular flexibility index (Phi) is 5.07. The number of aromatic nitrogens is 2. The fraction of sp³-hybridized carbons (Fsp3) is 0.700. The number of imidazole rings is 1. The summed E-state index contributed by atoms with van der Waals surface area (Å²) < 4.78 is 2.19. The highest BCUT2D eigenvalue weighted by Gasteiger charge is 2.09. The fourth-order valence-electron chi connectivity index (χ4n) is 1.25. The van der Waals surface area contributed by atoms with Crippen molar-refractivity contribution < 1.29 is 17.0 Å². The van der Waals surface area contributed by atoms with Crippen LogP contribution in [0.15, 0.2) is 18.7 Å². The van der Waals surface area contributed by atoms with Gasteiger partial charge >= 0.3 is 0 Å². The number of hydrogen-bond acceptors (Lipinski definition) is 0. The second kappa shape index (κ2) is 5.28. The van der Waals surface area contributed by atoms with Crippen molar-refractivity contribution in [3.05, 3.63) is 18.7 Å². The minimum absolute atomic E-state index is 0. The lowest BCUT2D eigenvalue weighted by atomic mass is 9.91. The summed E-state index contributed by atoms with van der Waals surface area (Å²) in [4.78, 5) is 3.04. The van der Waals surface area contributed by atoms with Gasteiger partial charge < -0.3 is 12.4 Å². The molecule has 0 bridgehead atoms. The molecule has 13 heavy (non-hydrogen) atoms. The monoisotopic (exact) mass is 202 g/mol. The van der Waals surface area contributed by atoms with Crippen molar-refractivity contribution >= 4 is 0 Å². The van der Waals surface area contributed by atoms with E-state index in [1.165, 1.54) is 12.8 Å². The zero-order valence-electron chi connectivity index (χ0n) is 8.68. The Labute approximate surface area is 86.8 Å². The number of aromatic amines is 1. The molecule has 1 heterocycles. The first-order valence-corrected chi connectivity index (χ1v) is 4.60. The van der Waals surface area contributed by atoms with Gasteiger partial charge in [0, 0.05) is 0 Å². The van der Waals surface area contributed by atoms with Gasteiger partial charge in [-0.1, -0.05) is 20.8 Å². The van der Waals surface area contributed by atoms with Gasteiger partial charge in [-0.15, -0.1) is 0 Å². The van der Waals surface area contributed by atoms with Crippen LogP contribution in [0, 0.1) is 5.41 Å². The van der Waals surface area contributed by atoms with Gasteiger partial charge in [-0.2, -0.15) is 0 Å². The van der Waals surface area contributed by atoms with E-state index in [9.17, 15) is 0 Å². The molecule has 0 spiro atoms. The zero-order valence-corrected chi connectivity index (χ0v) is 9.43. The lowest BCUT2D eigenvalue weighted by molar-refractivity contribution is -0.696. The molecule has 1 N–H and O–H groups in total.